The SMILES string of the molecule is Cc1nccn1C1CCCN(c2ncc(S(N)(=O)=O)s2)C1. The normalized spacial score (nSPS) is 19.9. The molecule has 2 N–H and O–H groups in total. The molecular weight excluding hydrogens is 310 g/mol. The van der Waals surface area contributed by atoms with Crippen molar-refractivity contribution in [2.24, 2.45) is 5.14 Å². The Kier molecular flexibility index (Phi) is 3.72. The summed E-state index contributed by atoms with van der Waals surface area (Å²) in [5.41, 5.74) is 0. The molecule has 1 saturated heterocycles. The zero-order chi connectivity index (χ0) is 15.0. The van der Waals surface area contributed by atoms with Gasteiger partial charge in [-0.1, -0.05) is 11.3 Å². The van der Waals surface area contributed by atoms with Crippen LogP contribution in [0.15, 0.2) is 22.8 Å². The Hall–Kier alpha value is -1.45. The van der Waals surface area contributed by atoms with Crippen LogP contribution in [0.2, 0.25) is 0 Å². The van der Waals surface area contributed by atoms with Gasteiger partial charge in [0, 0.05) is 25.5 Å². The van der Waals surface area contributed by atoms with Crippen molar-refractivity contribution in [1.82, 2.24) is 14.5 Å². The molecule has 1 unspecified atom stereocenters. The first-order chi connectivity index (χ1) is 9.95. The lowest BCUT2D eigenvalue weighted by atomic mass is 10.1. The second kappa shape index (κ2) is 5.39. The molecule has 2 aromatic heterocycles. The van der Waals surface area contributed by atoms with Crippen LogP contribution in [-0.2, 0) is 10.0 Å². The molecule has 0 saturated carbocycles. The van der Waals surface area contributed by atoms with Gasteiger partial charge in [-0.3, -0.25) is 0 Å². The van der Waals surface area contributed by atoms with Gasteiger partial charge in [0.1, 0.15) is 5.82 Å². The predicted molar refractivity (Wildman–Crippen MR) is 80.9 cm³/mol. The Balaban J connectivity index is 1.80. The van der Waals surface area contributed by atoms with Gasteiger partial charge >= 0.3 is 0 Å². The largest absolute Gasteiger partial charge is 0.346 e. The highest BCUT2D eigenvalue weighted by Gasteiger charge is 2.25. The molecule has 1 fully saturated rings. The molecule has 0 bridgehead atoms. The topological polar surface area (TPSA) is 94.1 Å². The fourth-order valence-electron chi connectivity index (χ4n) is 2.66. The summed E-state index contributed by atoms with van der Waals surface area (Å²) in [5, 5.41) is 5.85. The van der Waals surface area contributed by atoms with E-state index in [4.69, 9.17) is 5.14 Å². The number of imidazole rings is 1. The fraction of sp³-hybridized carbons (Fsp3) is 0.500. The standard InChI is InChI=1S/C12H17N5O2S2/c1-9-14-4-6-17(9)10-3-2-5-16(8-10)12-15-7-11(20-12)21(13,18)19/h4,6-7,10H,2-3,5,8H2,1H3,(H2,13,18,19). The number of nitrogens with zero attached hydrogens (tertiary/aromatic N) is 4. The molecule has 0 aliphatic carbocycles. The molecular formula is C12H17N5O2S2. The van der Waals surface area contributed by atoms with E-state index in [-0.39, 0.29) is 4.21 Å². The highest BCUT2D eigenvalue weighted by molar-refractivity contribution is 7.91. The van der Waals surface area contributed by atoms with E-state index >= 15 is 0 Å². The quantitative estimate of drug-likeness (QED) is 0.912. The lowest BCUT2D eigenvalue weighted by Gasteiger charge is -2.33. The maximum atomic E-state index is 11.3. The third-order valence-corrected chi connectivity index (χ3v) is 6.14. The van der Waals surface area contributed by atoms with Crippen molar-refractivity contribution in [3.63, 3.8) is 0 Å². The number of rotatable bonds is 3. The van der Waals surface area contributed by atoms with Crippen LogP contribution in [0.25, 0.3) is 0 Å². The van der Waals surface area contributed by atoms with Gasteiger partial charge in [-0.25, -0.2) is 23.5 Å². The Morgan fingerprint density at radius 1 is 1.43 bits per heavy atom. The smallest absolute Gasteiger partial charge is 0.249 e. The van der Waals surface area contributed by atoms with Crippen molar-refractivity contribution >= 4 is 26.5 Å². The summed E-state index contributed by atoms with van der Waals surface area (Å²) in [5.74, 6) is 0.992. The Morgan fingerprint density at radius 3 is 2.86 bits per heavy atom. The van der Waals surface area contributed by atoms with Gasteiger partial charge in [-0.05, 0) is 19.8 Å². The first kappa shape index (κ1) is 14.5. The van der Waals surface area contributed by atoms with Crippen molar-refractivity contribution in [2.75, 3.05) is 18.0 Å². The Labute approximate surface area is 127 Å². The van der Waals surface area contributed by atoms with Crippen molar-refractivity contribution in [1.29, 1.82) is 0 Å². The van der Waals surface area contributed by atoms with E-state index in [0.717, 1.165) is 43.1 Å². The highest BCUT2D eigenvalue weighted by Crippen LogP contribution is 2.30. The number of primary sulfonamides is 1. The van der Waals surface area contributed by atoms with E-state index in [2.05, 4.69) is 19.4 Å². The molecule has 3 rings (SSSR count). The fourth-order valence-corrected chi connectivity index (χ4v) is 4.23. The van der Waals surface area contributed by atoms with E-state index in [1.165, 1.54) is 6.20 Å². The van der Waals surface area contributed by atoms with Crippen LogP contribution in [0.4, 0.5) is 5.13 Å². The molecule has 3 heterocycles. The highest BCUT2D eigenvalue weighted by atomic mass is 32.2. The second-order valence-electron chi connectivity index (χ2n) is 5.13. The number of anilines is 1. The summed E-state index contributed by atoms with van der Waals surface area (Å²) in [6.07, 6.45) is 7.24. The third kappa shape index (κ3) is 2.94. The Morgan fingerprint density at radius 2 is 2.24 bits per heavy atom. The van der Waals surface area contributed by atoms with Crippen molar-refractivity contribution < 1.29 is 8.42 Å². The van der Waals surface area contributed by atoms with E-state index in [1.54, 1.807) is 6.20 Å². The molecule has 1 aliphatic rings. The molecule has 0 aromatic carbocycles. The summed E-state index contributed by atoms with van der Waals surface area (Å²) in [4.78, 5) is 10.6. The molecule has 2 aromatic rings. The number of aromatic nitrogens is 3. The number of aryl methyl sites for hydroxylation is 1. The van der Waals surface area contributed by atoms with Crippen molar-refractivity contribution in [3.05, 3.63) is 24.4 Å². The second-order valence-corrected chi connectivity index (χ2v) is 7.93. The van der Waals surface area contributed by atoms with Gasteiger partial charge in [-0.15, -0.1) is 0 Å². The summed E-state index contributed by atoms with van der Waals surface area (Å²) in [6, 6.07) is 0.336. The zero-order valence-corrected chi connectivity index (χ0v) is 13.3. The van der Waals surface area contributed by atoms with Crippen LogP contribution < -0.4 is 10.0 Å². The maximum Gasteiger partial charge on any atom is 0.249 e. The minimum Gasteiger partial charge on any atom is -0.346 e. The average molecular weight is 327 g/mol. The first-order valence-electron chi connectivity index (χ1n) is 6.68. The van der Waals surface area contributed by atoms with Crippen LogP contribution in [0.5, 0.6) is 0 Å². The first-order valence-corrected chi connectivity index (χ1v) is 9.04. The predicted octanol–water partition coefficient (Wildman–Crippen LogP) is 1.14. The van der Waals surface area contributed by atoms with Gasteiger partial charge in [0.2, 0.25) is 10.0 Å². The van der Waals surface area contributed by atoms with Crippen LogP contribution in [-0.4, -0.2) is 36.0 Å². The van der Waals surface area contributed by atoms with Crippen LogP contribution >= 0.6 is 11.3 Å². The molecule has 1 aliphatic heterocycles. The van der Waals surface area contributed by atoms with Gasteiger partial charge in [0.25, 0.3) is 0 Å². The van der Waals surface area contributed by atoms with Crippen LogP contribution in [0, 0.1) is 6.92 Å². The molecule has 0 radical (unpaired) electrons. The minimum atomic E-state index is -3.67. The number of hydrogen-bond acceptors (Lipinski definition) is 6. The van der Waals surface area contributed by atoms with Crippen molar-refractivity contribution in [2.45, 2.75) is 30.0 Å². The Bertz CT molecular complexity index is 736. The van der Waals surface area contributed by atoms with Gasteiger partial charge in [0.05, 0.1) is 12.2 Å². The van der Waals surface area contributed by atoms with E-state index in [0.29, 0.717) is 11.2 Å². The van der Waals surface area contributed by atoms with Crippen molar-refractivity contribution in [3.8, 4) is 0 Å². The van der Waals surface area contributed by atoms with E-state index in [9.17, 15) is 8.42 Å². The minimum absolute atomic E-state index is 0.110. The monoisotopic (exact) mass is 327 g/mol. The molecule has 114 valence electrons. The molecule has 0 amide bonds. The molecule has 1 atom stereocenters. The van der Waals surface area contributed by atoms with Gasteiger partial charge < -0.3 is 9.47 Å². The lowest BCUT2D eigenvalue weighted by Crippen LogP contribution is -2.36. The average Bonchev–Trinajstić information content (AvgIpc) is 3.06. The number of sulfonamides is 1. The number of thiazole rings is 1. The van der Waals surface area contributed by atoms with Gasteiger partial charge in [0.15, 0.2) is 9.34 Å². The molecule has 7 nitrogen and oxygen atoms in total. The van der Waals surface area contributed by atoms with E-state index in [1.807, 2.05) is 13.1 Å². The number of nitrogens with two attached hydrogens (primary N) is 1. The number of hydrogen-bond donors (Lipinski definition) is 1. The summed E-state index contributed by atoms with van der Waals surface area (Å²) in [6.45, 7) is 3.66. The third-order valence-electron chi connectivity index (χ3n) is 3.68. The van der Waals surface area contributed by atoms with Crippen LogP contribution in [0.1, 0.15) is 24.7 Å². The molecule has 9 heteroatoms. The van der Waals surface area contributed by atoms with E-state index < -0.39 is 10.0 Å². The summed E-state index contributed by atoms with van der Waals surface area (Å²) in [7, 11) is -3.67. The van der Waals surface area contributed by atoms with Crippen LogP contribution in [0.3, 0.4) is 0 Å². The molecule has 0 spiro atoms. The number of piperidine rings is 1. The van der Waals surface area contributed by atoms with Gasteiger partial charge in [-0.2, -0.15) is 0 Å². The zero-order valence-electron chi connectivity index (χ0n) is 11.6. The maximum absolute atomic E-state index is 11.3. The summed E-state index contributed by atoms with van der Waals surface area (Å²) < 4.78 is 25.0. The summed E-state index contributed by atoms with van der Waals surface area (Å²) >= 11 is 1.13. The molecule has 21 heavy (non-hydrogen) atoms. The lowest BCUT2D eigenvalue weighted by molar-refractivity contribution is 0.399.